The number of hydrogen-bond donors (Lipinski definition) is 2. The first-order valence-electron chi connectivity index (χ1n) is 5.64. The van der Waals surface area contributed by atoms with E-state index in [2.05, 4.69) is 5.32 Å². The van der Waals surface area contributed by atoms with Gasteiger partial charge in [0.05, 0.1) is 5.56 Å². The van der Waals surface area contributed by atoms with E-state index >= 15 is 0 Å². The largest absolute Gasteiger partial charge is 0.352 e. The van der Waals surface area contributed by atoms with Crippen LogP contribution in [0.25, 0.3) is 0 Å². The highest BCUT2D eigenvalue weighted by molar-refractivity contribution is 6.07. The number of amides is 1. The number of hydrogen-bond acceptors (Lipinski definition) is 3. The SMILES string of the molecule is CC(=O)c1ccccc1C(=O)NCC(C)CN. The van der Waals surface area contributed by atoms with E-state index in [1.54, 1.807) is 24.3 Å². The number of rotatable bonds is 5. The van der Waals surface area contributed by atoms with Crippen molar-refractivity contribution in [2.24, 2.45) is 11.7 Å². The summed E-state index contributed by atoms with van der Waals surface area (Å²) in [6.07, 6.45) is 0. The van der Waals surface area contributed by atoms with Crippen LogP contribution in [0.1, 0.15) is 34.6 Å². The highest BCUT2D eigenvalue weighted by Crippen LogP contribution is 2.09. The maximum absolute atomic E-state index is 11.9. The van der Waals surface area contributed by atoms with E-state index < -0.39 is 0 Å². The van der Waals surface area contributed by atoms with Crippen molar-refractivity contribution in [1.82, 2.24) is 5.32 Å². The lowest BCUT2D eigenvalue weighted by atomic mass is 10.0. The van der Waals surface area contributed by atoms with E-state index in [1.165, 1.54) is 6.92 Å². The first kappa shape index (κ1) is 13.4. The molecule has 1 aromatic carbocycles. The minimum atomic E-state index is -0.226. The van der Waals surface area contributed by atoms with Crippen LogP contribution in [0.5, 0.6) is 0 Å². The smallest absolute Gasteiger partial charge is 0.252 e. The summed E-state index contributed by atoms with van der Waals surface area (Å²) in [6, 6.07) is 6.80. The van der Waals surface area contributed by atoms with E-state index in [0.29, 0.717) is 24.2 Å². The Morgan fingerprint density at radius 3 is 2.41 bits per heavy atom. The Kier molecular flexibility index (Phi) is 4.84. The van der Waals surface area contributed by atoms with Gasteiger partial charge in [-0.15, -0.1) is 0 Å². The molecule has 0 aliphatic rings. The molecule has 0 fully saturated rings. The fraction of sp³-hybridized carbons (Fsp3) is 0.385. The monoisotopic (exact) mass is 234 g/mol. The van der Waals surface area contributed by atoms with Gasteiger partial charge in [0.2, 0.25) is 0 Å². The van der Waals surface area contributed by atoms with E-state index in [1.807, 2.05) is 6.92 Å². The van der Waals surface area contributed by atoms with Gasteiger partial charge in [-0.25, -0.2) is 0 Å². The van der Waals surface area contributed by atoms with Crippen LogP contribution in [0.15, 0.2) is 24.3 Å². The zero-order valence-corrected chi connectivity index (χ0v) is 10.2. The molecule has 0 saturated heterocycles. The summed E-state index contributed by atoms with van der Waals surface area (Å²) in [6.45, 7) is 4.45. The summed E-state index contributed by atoms with van der Waals surface area (Å²) >= 11 is 0. The molecule has 0 heterocycles. The summed E-state index contributed by atoms with van der Waals surface area (Å²) in [5.74, 6) is -0.109. The standard InChI is InChI=1S/C13H18N2O2/c1-9(7-14)8-15-13(17)12-6-4-3-5-11(12)10(2)16/h3-6,9H,7-8,14H2,1-2H3,(H,15,17). The second-order valence-corrected chi connectivity index (χ2v) is 4.15. The van der Waals surface area contributed by atoms with E-state index in [0.717, 1.165) is 0 Å². The topological polar surface area (TPSA) is 72.2 Å². The lowest BCUT2D eigenvalue weighted by Crippen LogP contribution is -2.32. The average molecular weight is 234 g/mol. The van der Waals surface area contributed by atoms with Gasteiger partial charge < -0.3 is 11.1 Å². The van der Waals surface area contributed by atoms with Gasteiger partial charge in [-0.1, -0.05) is 25.1 Å². The average Bonchev–Trinajstić information content (AvgIpc) is 2.35. The first-order valence-corrected chi connectivity index (χ1v) is 5.64. The number of Topliss-reactive ketones (excluding diaryl/α,β-unsaturated/α-hetero) is 1. The third kappa shape index (κ3) is 3.67. The molecule has 1 unspecified atom stereocenters. The Labute approximate surface area is 101 Å². The molecule has 0 aliphatic carbocycles. The van der Waals surface area contributed by atoms with Gasteiger partial charge in [0.1, 0.15) is 0 Å². The van der Waals surface area contributed by atoms with Crippen molar-refractivity contribution in [3.63, 3.8) is 0 Å². The predicted molar refractivity (Wildman–Crippen MR) is 67.0 cm³/mol. The fourth-order valence-corrected chi connectivity index (χ4v) is 1.43. The zero-order valence-electron chi connectivity index (χ0n) is 10.2. The number of benzene rings is 1. The van der Waals surface area contributed by atoms with Crippen molar-refractivity contribution in [2.75, 3.05) is 13.1 Å². The van der Waals surface area contributed by atoms with Gasteiger partial charge >= 0.3 is 0 Å². The van der Waals surface area contributed by atoms with Crippen molar-refractivity contribution in [3.8, 4) is 0 Å². The van der Waals surface area contributed by atoms with E-state index in [4.69, 9.17) is 5.73 Å². The molecular weight excluding hydrogens is 216 g/mol. The van der Waals surface area contributed by atoms with Crippen LogP contribution in [-0.2, 0) is 0 Å². The second-order valence-electron chi connectivity index (χ2n) is 4.15. The molecule has 1 aromatic rings. The van der Waals surface area contributed by atoms with E-state index in [-0.39, 0.29) is 17.6 Å². The minimum Gasteiger partial charge on any atom is -0.352 e. The molecular formula is C13H18N2O2. The lowest BCUT2D eigenvalue weighted by Gasteiger charge is -2.11. The van der Waals surface area contributed by atoms with Gasteiger partial charge in [-0.05, 0) is 25.5 Å². The molecule has 0 aliphatic heterocycles. The summed E-state index contributed by atoms with van der Waals surface area (Å²) in [7, 11) is 0. The summed E-state index contributed by atoms with van der Waals surface area (Å²) in [5, 5.41) is 2.77. The van der Waals surface area contributed by atoms with Crippen molar-refractivity contribution in [2.45, 2.75) is 13.8 Å². The fourth-order valence-electron chi connectivity index (χ4n) is 1.43. The van der Waals surface area contributed by atoms with Crippen molar-refractivity contribution >= 4 is 11.7 Å². The van der Waals surface area contributed by atoms with Gasteiger partial charge in [0.25, 0.3) is 5.91 Å². The first-order chi connectivity index (χ1) is 8.06. The van der Waals surface area contributed by atoms with Crippen LogP contribution >= 0.6 is 0 Å². The third-order valence-corrected chi connectivity index (χ3v) is 2.56. The quantitative estimate of drug-likeness (QED) is 0.752. The molecule has 1 rings (SSSR count). The highest BCUT2D eigenvalue weighted by atomic mass is 16.2. The molecule has 4 heteroatoms. The van der Waals surface area contributed by atoms with Gasteiger partial charge in [0.15, 0.2) is 5.78 Å². The molecule has 0 aromatic heterocycles. The molecule has 0 radical (unpaired) electrons. The molecule has 4 nitrogen and oxygen atoms in total. The molecule has 0 saturated carbocycles. The highest BCUT2D eigenvalue weighted by Gasteiger charge is 2.13. The normalized spacial score (nSPS) is 11.9. The maximum atomic E-state index is 11.9. The maximum Gasteiger partial charge on any atom is 0.252 e. The number of carbonyl (C=O) groups excluding carboxylic acids is 2. The molecule has 0 bridgehead atoms. The predicted octanol–water partition coefficient (Wildman–Crippen LogP) is 1.21. The van der Waals surface area contributed by atoms with Gasteiger partial charge in [0, 0.05) is 12.1 Å². The Balaban J connectivity index is 2.78. The molecule has 3 N–H and O–H groups in total. The molecule has 17 heavy (non-hydrogen) atoms. The molecule has 92 valence electrons. The van der Waals surface area contributed by atoms with Crippen molar-refractivity contribution in [3.05, 3.63) is 35.4 Å². The van der Waals surface area contributed by atoms with Crippen LogP contribution < -0.4 is 11.1 Å². The number of ketones is 1. The lowest BCUT2D eigenvalue weighted by molar-refractivity contribution is 0.0934. The van der Waals surface area contributed by atoms with Crippen LogP contribution in [0.3, 0.4) is 0 Å². The van der Waals surface area contributed by atoms with Gasteiger partial charge in [-0.3, -0.25) is 9.59 Å². The van der Waals surface area contributed by atoms with E-state index in [9.17, 15) is 9.59 Å². The van der Waals surface area contributed by atoms with Crippen molar-refractivity contribution in [1.29, 1.82) is 0 Å². The second kappa shape index (κ2) is 6.15. The zero-order chi connectivity index (χ0) is 12.8. The number of nitrogens with two attached hydrogens (primary N) is 1. The van der Waals surface area contributed by atoms with Crippen molar-refractivity contribution < 1.29 is 9.59 Å². The van der Waals surface area contributed by atoms with Crippen LogP contribution in [0.4, 0.5) is 0 Å². The third-order valence-electron chi connectivity index (χ3n) is 2.56. The van der Waals surface area contributed by atoms with Crippen LogP contribution in [0.2, 0.25) is 0 Å². The van der Waals surface area contributed by atoms with Crippen LogP contribution in [0, 0.1) is 5.92 Å². The minimum absolute atomic E-state index is 0.109. The Morgan fingerprint density at radius 1 is 1.29 bits per heavy atom. The summed E-state index contributed by atoms with van der Waals surface area (Å²) in [4.78, 5) is 23.3. The number of nitrogens with one attached hydrogen (secondary N) is 1. The summed E-state index contributed by atoms with van der Waals surface area (Å²) in [5.41, 5.74) is 6.34. The Morgan fingerprint density at radius 2 is 1.88 bits per heavy atom. The van der Waals surface area contributed by atoms with Gasteiger partial charge in [-0.2, -0.15) is 0 Å². The molecule has 0 spiro atoms. The number of carbonyl (C=O) groups is 2. The summed E-state index contributed by atoms with van der Waals surface area (Å²) < 4.78 is 0. The Bertz CT molecular complexity index is 416. The molecule has 1 amide bonds. The van der Waals surface area contributed by atoms with Crippen LogP contribution in [-0.4, -0.2) is 24.8 Å². The Hall–Kier alpha value is -1.68. The molecule has 1 atom stereocenters.